The number of nitrogens with zero attached hydrogens (tertiary/aromatic N) is 4. The van der Waals surface area contributed by atoms with Crippen LogP contribution in [0.5, 0.6) is 5.88 Å². The number of anilines is 2. The van der Waals surface area contributed by atoms with Crippen LogP contribution >= 0.6 is 0 Å². The van der Waals surface area contributed by atoms with E-state index in [0.717, 1.165) is 29.8 Å². The van der Waals surface area contributed by atoms with Crippen molar-refractivity contribution in [3.8, 4) is 17.1 Å². The number of pyridine rings is 1. The second-order valence-electron chi connectivity index (χ2n) is 7.47. The van der Waals surface area contributed by atoms with E-state index in [1.165, 1.54) is 16.7 Å². The van der Waals surface area contributed by atoms with Gasteiger partial charge in [-0.25, -0.2) is 9.97 Å². The number of likely N-dealkylation sites (N-methyl/N-ethyl adjacent to an activating group) is 1. The van der Waals surface area contributed by atoms with Gasteiger partial charge in [0.1, 0.15) is 18.2 Å². The Morgan fingerprint density at radius 2 is 1.86 bits per heavy atom. The molecule has 0 spiro atoms. The highest BCUT2D eigenvalue weighted by molar-refractivity contribution is 5.63. The average Bonchev–Trinajstić information content (AvgIpc) is 2.67. The van der Waals surface area contributed by atoms with E-state index < -0.39 is 0 Å². The molecule has 150 valence electrons. The summed E-state index contributed by atoms with van der Waals surface area (Å²) in [5.41, 5.74) is 24.1. The lowest BCUT2D eigenvalue weighted by Crippen LogP contribution is -2.44. The Kier molecular flexibility index (Phi) is 5.04. The topological polar surface area (TPSA) is 129 Å². The molecule has 0 bridgehead atoms. The molecule has 0 saturated carbocycles. The van der Waals surface area contributed by atoms with Gasteiger partial charge < -0.3 is 21.9 Å². The van der Waals surface area contributed by atoms with E-state index in [1.54, 1.807) is 24.5 Å². The van der Waals surface area contributed by atoms with Crippen LogP contribution in [0.4, 0.5) is 11.6 Å². The molecule has 1 aliphatic rings. The average molecular weight is 391 g/mol. The number of hydrogen-bond acceptors (Lipinski definition) is 8. The second kappa shape index (κ2) is 7.65. The Balaban J connectivity index is 1.57. The third-order valence-electron chi connectivity index (χ3n) is 5.18. The number of ether oxygens (including phenoxy) is 1. The lowest BCUT2D eigenvalue weighted by atomic mass is 9.91. The highest BCUT2D eigenvalue weighted by Crippen LogP contribution is 2.29. The molecule has 8 nitrogen and oxygen atoms in total. The van der Waals surface area contributed by atoms with Gasteiger partial charge >= 0.3 is 0 Å². The highest BCUT2D eigenvalue weighted by Gasteiger charge is 2.22. The summed E-state index contributed by atoms with van der Waals surface area (Å²) in [6.07, 6.45) is 4.25. The van der Waals surface area contributed by atoms with Crippen LogP contribution in [-0.2, 0) is 19.6 Å². The normalized spacial score (nSPS) is 16.4. The van der Waals surface area contributed by atoms with Crippen molar-refractivity contribution in [2.75, 3.05) is 18.5 Å². The van der Waals surface area contributed by atoms with Crippen LogP contribution in [0.3, 0.4) is 0 Å². The summed E-state index contributed by atoms with van der Waals surface area (Å²) in [5.74, 6) is 1.15. The van der Waals surface area contributed by atoms with Crippen LogP contribution in [0.2, 0.25) is 0 Å². The summed E-state index contributed by atoms with van der Waals surface area (Å²) in [5, 5.41) is 0. The van der Waals surface area contributed by atoms with E-state index in [-0.39, 0.29) is 12.8 Å². The van der Waals surface area contributed by atoms with Gasteiger partial charge in [-0.2, -0.15) is 0 Å². The zero-order valence-electron chi connectivity index (χ0n) is 16.6. The first kappa shape index (κ1) is 19.1. The largest absolute Gasteiger partial charge is 0.472 e. The minimum Gasteiger partial charge on any atom is -0.472 e. The fourth-order valence-electron chi connectivity index (χ4n) is 3.65. The third kappa shape index (κ3) is 4.13. The summed E-state index contributed by atoms with van der Waals surface area (Å²) >= 11 is 0. The minimum atomic E-state index is 0.0554. The Morgan fingerprint density at radius 3 is 2.62 bits per heavy atom. The third-order valence-corrected chi connectivity index (χ3v) is 5.18. The number of benzene rings is 1. The van der Waals surface area contributed by atoms with Crippen LogP contribution in [-0.4, -0.2) is 33.1 Å². The van der Waals surface area contributed by atoms with Crippen LogP contribution < -0.4 is 21.9 Å². The molecule has 29 heavy (non-hydrogen) atoms. The van der Waals surface area contributed by atoms with Crippen molar-refractivity contribution in [3.05, 3.63) is 58.9 Å². The number of rotatable bonds is 4. The molecule has 2 aromatic heterocycles. The van der Waals surface area contributed by atoms with E-state index in [4.69, 9.17) is 21.9 Å². The molecular weight excluding hydrogens is 366 g/mol. The van der Waals surface area contributed by atoms with Crippen molar-refractivity contribution in [2.45, 2.75) is 32.7 Å². The van der Waals surface area contributed by atoms with Crippen LogP contribution in [0.25, 0.3) is 11.3 Å². The van der Waals surface area contributed by atoms with Gasteiger partial charge in [0.2, 0.25) is 5.88 Å². The van der Waals surface area contributed by atoms with Gasteiger partial charge in [0.25, 0.3) is 0 Å². The fraction of sp³-hybridized carbons (Fsp3) is 0.286. The summed E-state index contributed by atoms with van der Waals surface area (Å²) in [6, 6.07) is 7.75. The maximum Gasteiger partial charge on any atom is 0.233 e. The summed E-state index contributed by atoms with van der Waals surface area (Å²) in [6.45, 7) is 3.22. The molecule has 3 aromatic rings. The number of fused-ring (bicyclic) bond motifs is 1. The molecule has 4 rings (SSSR count). The first-order chi connectivity index (χ1) is 13.9. The van der Waals surface area contributed by atoms with Crippen molar-refractivity contribution in [1.82, 2.24) is 19.9 Å². The maximum atomic E-state index is 6.20. The SMILES string of the molecule is Cc1cc(-c2cncc(OCc3cc(N)nc(N)c3)n2)cc2c1CC(N)N(C)C2. The van der Waals surface area contributed by atoms with E-state index in [0.29, 0.717) is 17.5 Å². The first-order valence-corrected chi connectivity index (χ1v) is 9.44. The standard InChI is InChI=1S/C21H25N7O/c1-12-3-14(6-15-10-28(2)20(24)7-16(12)15)17-8-25-9-21(26-17)29-11-13-4-18(22)27-19(23)5-13/h3-6,8-9,20H,7,10-11,24H2,1-2H3,(H4,22,23,27). The fourth-order valence-corrected chi connectivity index (χ4v) is 3.65. The van der Waals surface area contributed by atoms with Crippen molar-refractivity contribution < 1.29 is 4.74 Å². The molecule has 0 aliphatic carbocycles. The Bertz CT molecular complexity index is 1030. The van der Waals surface area contributed by atoms with Gasteiger partial charge in [-0.3, -0.25) is 9.88 Å². The van der Waals surface area contributed by atoms with Crippen molar-refractivity contribution in [2.24, 2.45) is 5.73 Å². The zero-order chi connectivity index (χ0) is 20.5. The number of nitrogens with two attached hydrogens (primary N) is 3. The molecule has 0 fully saturated rings. The monoisotopic (exact) mass is 391 g/mol. The predicted octanol–water partition coefficient (Wildman–Crippen LogP) is 1.86. The summed E-state index contributed by atoms with van der Waals surface area (Å²) in [4.78, 5) is 15.0. The molecule has 0 amide bonds. The van der Waals surface area contributed by atoms with Crippen molar-refractivity contribution in [1.29, 1.82) is 0 Å². The van der Waals surface area contributed by atoms with Crippen LogP contribution in [0.15, 0.2) is 36.7 Å². The van der Waals surface area contributed by atoms with Crippen LogP contribution in [0, 0.1) is 6.92 Å². The Morgan fingerprint density at radius 1 is 1.10 bits per heavy atom. The summed E-state index contributed by atoms with van der Waals surface area (Å²) < 4.78 is 5.80. The maximum absolute atomic E-state index is 6.20. The molecule has 6 N–H and O–H groups in total. The number of aromatic nitrogens is 3. The number of hydrogen-bond donors (Lipinski definition) is 3. The number of nitrogen functional groups attached to an aromatic ring is 2. The van der Waals surface area contributed by atoms with Gasteiger partial charge in [0, 0.05) is 18.5 Å². The minimum absolute atomic E-state index is 0.0554. The molecule has 0 radical (unpaired) electrons. The summed E-state index contributed by atoms with van der Waals surface area (Å²) in [7, 11) is 2.04. The zero-order valence-corrected chi connectivity index (χ0v) is 16.6. The van der Waals surface area contributed by atoms with Crippen LogP contribution in [0.1, 0.15) is 22.3 Å². The van der Waals surface area contributed by atoms with Gasteiger partial charge in [-0.05, 0) is 60.5 Å². The van der Waals surface area contributed by atoms with E-state index in [9.17, 15) is 0 Å². The molecule has 1 aliphatic heterocycles. The first-order valence-electron chi connectivity index (χ1n) is 9.44. The molecule has 8 heteroatoms. The molecule has 0 saturated heterocycles. The van der Waals surface area contributed by atoms with Crippen molar-refractivity contribution in [3.63, 3.8) is 0 Å². The molecule has 1 aromatic carbocycles. The van der Waals surface area contributed by atoms with E-state index >= 15 is 0 Å². The quantitative estimate of drug-likeness (QED) is 0.614. The smallest absolute Gasteiger partial charge is 0.233 e. The number of aryl methyl sites for hydroxylation is 1. The van der Waals surface area contributed by atoms with Gasteiger partial charge in [0.15, 0.2) is 0 Å². The predicted molar refractivity (Wildman–Crippen MR) is 113 cm³/mol. The molecule has 1 unspecified atom stereocenters. The lowest BCUT2D eigenvalue weighted by Gasteiger charge is -2.32. The van der Waals surface area contributed by atoms with Crippen molar-refractivity contribution >= 4 is 11.6 Å². The lowest BCUT2D eigenvalue weighted by molar-refractivity contribution is 0.220. The second-order valence-corrected chi connectivity index (χ2v) is 7.47. The highest BCUT2D eigenvalue weighted by atomic mass is 16.5. The van der Waals surface area contributed by atoms with Gasteiger partial charge in [-0.15, -0.1) is 0 Å². The van der Waals surface area contributed by atoms with Gasteiger partial charge in [-0.1, -0.05) is 0 Å². The molecular formula is C21H25N7O. The molecule has 3 heterocycles. The van der Waals surface area contributed by atoms with E-state index in [2.05, 4.69) is 38.9 Å². The van der Waals surface area contributed by atoms with E-state index in [1.807, 2.05) is 7.05 Å². The molecule has 1 atom stereocenters. The Hall–Kier alpha value is -3.23. The Labute approximate surface area is 169 Å². The van der Waals surface area contributed by atoms with Gasteiger partial charge in [0.05, 0.1) is 24.3 Å².